The van der Waals surface area contributed by atoms with E-state index in [1.807, 2.05) is 0 Å². The number of hydrogen-bond donors (Lipinski definition) is 2. The van der Waals surface area contributed by atoms with Gasteiger partial charge in [0.15, 0.2) is 0 Å². The fourth-order valence-corrected chi connectivity index (χ4v) is 1.62. The lowest BCUT2D eigenvalue weighted by molar-refractivity contribution is 0.0990. The molecule has 0 aromatic carbocycles. The van der Waals surface area contributed by atoms with Crippen LogP contribution in [0.25, 0.3) is 11.3 Å². The lowest BCUT2D eigenvalue weighted by Gasteiger charge is -2.08. The third kappa shape index (κ3) is 2.03. The van der Waals surface area contributed by atoms with E-state index >= 15 is 0 Å². The molecule has 0 fully saturated rings. The van der Waals surface area contributed by atoms with Crippen molar-refractivity contribution < 1.29 is 9.59 Å². The fraction of sp³-hybridized carbons (Fsp3) is 0. The summed E-state index contributed by atoms with van der Waals surface area (Å²) in [4.78, 5) is 30.5. The minimum Gasteiger partial charge on any atom is -0.366 e. The minimum absolute atomic E-state index is 0.193. The van der Waals surface area contributed by atoms with Crippen molar-refractivity contribution in [3.63, 3.8) is 0 Å². The Labute approximate surface area is 103 Å². The molecule has 2 rings (SSSR count). The largest absolute Gasteiger partial charge is 0.366 e. The number of carbonyl (C=O) groups excluding carboxylic acids is 2. The zero-order valence-electron chi connectivity index (χ0n) is 9.33. The fourth-order valence-electron chi connectivity index (χ4n) is 1.62. The molecular formula is C12H10N4O2. The first kappa shape index (κ1) is 11.7. The number of carbonyl (C=O) groups is 2. The monoisotopic (exact) mass is 242 g/mol. The molecule has 0 aliphatic rings. The molecule has 0 unspecified atom stereocenters. The topological polar surface area (TPSA) is 112 Å². The lowest BCUT2D eigenvalue weighted by atomic mass is 10.0. The Morgan fingerprint density at radius 2 is 1.72 bits per heavy atom. The van der Waals surface area contributed by atoms with Gasteiger partial charge in [0.2, 0.25) is 0 Å². The third-order valence-electron chi connectivity index (χ3n) is 2.41. The molecule has 18 heavy (non-hydrogen) atoms. The van der Waals surface area contributed by atoms with Gasteiger partial charge >= 0.3 is 0 Å². The van der Waals surface area contributed by atoms with Crippen LogP contribution in [-0.2, 0) is 0 Å². The molecule has 0 bridgehead atoms. The molecule has 0 spiro atoms. The average molecular weight is 242 g/mol. The van der Waals surface area contributed by atoms with Gasteiger partial charge in [-0.3, -0.25) is 19.6 Å². The molecule has 0 saturated heterocycles. The molecule has 2 amide bonds. The van der Waals surface area contributed by atoms with Crippen LogP contribution < -0.4 is 11.5 Å². The summed E-state index contributed by atoms with van der Waals surface area (Å²) in [6, 6.07) is 4.69. The average Bonchev–Trinajstić information content (AvgIpc) is 2.38. The van der Waals surface area contributed by atoms with Gasteiger partial charge in [0, 0.05) is 24.2 Å². The molecule has 2 aromatic heterocycles. The third-order valence-corrected chi connectivity index (χ3v) is 2.41. The maximum Gasteiger partial charge on any atom is 0.250 e. The number of rotatable bonds is 3. The normalized spacial score (nSPS) is 10.0. The first-order valence-corrected chi connectivity index (χ1v) is 5.10. The molecular weight excluding hydrogens is 232 g/mol. The Morgan fingerprint density at radius 1 is 1.00 bits per heavy atom. The predicted molar refractivity (Wildman–Crippen MR) is 64.5 cm³/mol. The summed E-state index contributed by atoms with van der Waals surface area (Å²) in [5.74, 6) is -1.26. The van der Waals surface area contributed by atoms with Gasteiger partial charge in [0.05, 0.1) is 16.8 Å². The Hall–Kier alpha value is -2.76. The zero-order chi connectivity index (χ0) is 13.1. The number of nitrogens with two attached hydrogens (primary N) is 2. The highest BCUT2D eigenvalue weighted by atomic mass is 16.1. The second-order valence-electron chi connectivity index (χ2n) is 3.55. The van der Waals surface area contributed by atoms with Crippen LogP contribution in [0.1, 0.15) is 20.7 Å². The van der Waals surface area contributed by atoms with Crippen LogP contribution in [0.4, 0.5) is 0 Å². The van der Waals surface area contributed by atoms with Gasteiger partial charge in [0.25, 0.3) is 11.8 Å². The maximum atomic E-state index is 11.3. The van der Waals surface area contributed by atoms with Crippen LogP contribution in [0.2, 0.25) is 0 Å². The minimum atomic E-state index is -0.640. The Kier molecular flexibility index (Phi) is 3.01. The van der Waals surface area contributed by atoms with Crippen LogP contribution in [0.3, 0.4) is 0 Å². The van der Waals surface area contributed by atoms with E-state index in [1.165, 1.54) is 24.7 Å². The van der Waals surface area contributed by atoms with Gasteiger partial charge in [-0.1, -0.05) is 0 Å². The van der Waals surface area contributed by atoms with Gasteiger partial charge < -0.3 is 11.5 Å². The van der Waals surface area contributed by atoms with E-state index < -0.39 is 11.8 Å². The van der Waals surface area contributed by atoms with Gasteiger partial charge in [-0.25, -0.2) is 0 Å². The Balaban J connectivity index is 2.70. The summed E-state index contributed by atoms with van der Waals surface area (Å²) in [5.41, 5.74) is 11.7. The molecule has 0 aliphatic carbocycles. The highest BCUT2D eigenvalue weighted by molar-refractivity contribution is 6.04. The van der Waals surface area contributed by atoms with Crippen LogP contribution in [0, 0.1) is 0 Å². The molecule has 6 heteroatoms. The molecule has 2 aromatic rings. The first-order valence-electron chi connectivity index (χ1n) is 5.10. The van der Waals surface area contributed by atoms with Crippen molar-refractivity contribution in [1.29, 1.82) is 0 Å². The number of nitrogens with zero attached hydrogens (tertiary/aromatic N) is 2. The van der Waals surface area contributed by atoms with Crippen LogP contribution >= 0.6 is 0 Å². The summed E-state index contributed by atoms with van der Waals surface area (Å²) < 4.78 is 0. The summed E-state index contributed by atoms with van der Waals surface area (Å²) in [6.07, 6.45) is 4.32. The number of primary amides is 2. The van der Waals surface area contributed by atoms with E-state index in [1.54, 1.807) is 12.1 Å². The van der Waals surface area contributed by atoms with Crippen molar-refractivity contribution in [3.05, 3.63) is 47.9 Å². The molecule has 0 atom stereocenters. The van der Waals surface area contributed by atoms with Crippen molar-refractivity contribution >= 4 is 11.8 Å². The van der Waals surface area contributed by atoms with E-state index in [0.717, 1.165) is 0 Å². The molecule has 2 heterocycles. The molecule has 4 N–H and O–H groups in total. The van der Waals surface area contributed by atoms with Gasteiger partial charge in [-0.15, -0.1) is 0 Å². The van der Waals surface area contributed by atoms with E-state index in [2.05, 4.69) is 9.97 Å². The second-order valence-corrected chi connectivity index (χ2v) is 3.55. The van der Waals surface area contributed by atoms with Crippen LogP contribution in [0.15, 0.2) is 36.8 Å². The highest BCUT2D eigenvalue weighted by Gasteiger charge is 2.16. The Morgan fingerprint density at radius 3 is 2.39 bits per heavy atom. The van der Waals surface area contributed by atoms with Crippen molar-refractivity contribution in [3.8, 4) is 11.3 Å². The summed E-state index contributed by atoms with van der Waals surface area (Å²) in [7, 11) is 0. The van der Waals surface area contributed by atoms with Crippen LogP contribution in [-0.4, -0.2) is 21.8 Å². The molecule has 90 valence electrons. The van der Waals surface area contributed by atoms with Crippen molar-refractivity contribution in [1.82, 2.24) is 9.97 Å². The smallest absolute Gasteiger partial charge is 0.250 e. The van der Waals surface area contributed by atoms with Crippen molar-refractivity contribution in [2.24, 2.45) is 11.5 Å². The maximum absolute atomic E-state index is 11.3. The Bertz CT molecular complexity index is 569. The number of aromatic nitrogens is 2. The standard InChI is InChI=1S/C12H10N4O2/c13-11(17)8-2-1-4-16-10(8)7-3-5-15-6-9(7)12(14)18/h1-6H,(H2,13,17)(H2,14,18). The van der Waals surface area contributed by atoms with Gasteiger partial charge in [-0.05, 0) is 18.2 Å². The van der Waals surface area contributed by atoms with E-state index in [9.17, 15) is 9.59 Å². The van der Waals surface area contributed by atoms with Gasteiger partial charge in [0.1, 0.15) is 0 Å². The zero-order valence-corrected chi connectivity index (χ0v) is 9.33. The van der Waals surface area contributed by atoms with E-state index in [4.69, 9.17) is 11.5 Å². The number of hydrogen-bond acceptors (Lipinski definition) is 4. The quantitative estimate of drug-likeness (QED) is 0.808. The van der Waals surface area contributed by atoms with Gasteiger partial charge in [-0.2, -0.15) is 0 Å². The number of amides is 2. The summed E-state index contributed by atoms with van der Waals surface area (Å²) in [6.45, 7) is 0. The molecule has 0 saturated carbocycles. The summed E-state index contributed by atoms with van der Waals surface area (Å²) in [5, 5.41) is 0. The second kappa shape index (κ2) is 4.62. The number of pyridine rings is 2. The first-order chi connectivity index (χ1) is 8.61. The summed E-state index contributed by atoms with van der Waals surface area (Å²) >= 11 is 0. The highest BCUT2D eigenvalue weighted by Crippen LogP contribution is 2.23. The van der Waals surface area contributed by atoms with E-state index in [0.29, 0.717) is 11.3 Å². The predicted octanol–water partition coefficient (Wildman–Crippen LogP) is 0.341. The molecule has 0 radical (unpaired) electrons. The lowest BCUT2D eigenvalue weighted by Crippen LogP contribution is -2.16. The van der Waals surface area contributed by atoms with Crippen LogP contribution in [0.5, 0.6) is 0 Å². The van der Waals surface area contributed by atoms with E-state index in [-0.39, 0.29) is 11.1 Å². The SMILES string of the molecule is NC(=O)c1cnccc1-c1ncccc1C(N)=O. The molecule has 6 nitrogen and oxygen atoms in total. The molecule has 0 aliphatic heterocycles. The van der Waals surface area contributed by atoms with Crippen molar-refractivity contribution in [2.45, 2.75) is 0 Å². The van der Waals surface area contributed by atoms with Crippen molar-refractivity contribution in [2.75, 3.05) is 0 Å².